The van der Waals surface area contributed by atoms with E-state index in [0.29, 0.717) is 38.9 Å². The van der Waals surface area contributed by atoms with Gasteiger partial charge in [0.05, 0.1) is 25.8 Å². The lowest BCUT2D eigenvalue weighted by molar-refractivity contribution is -0.137. The lowest BCUT2D eigenvalue weighted by atomic mass is 9.87. The van der Waals surface area contributed by atoms with E-state index < -0.39 is 0 Å². The molecule has 3 fully saturated rings. The van der Waals surface area contributed by atoms with Crippen LogP contribution in [0.4, 0.5) is 0 Å². The fourth-order valence-electron chi connectivity index (χ4n) is 4.30. The van der Waals surface area contributed by atoms with E-state index in [-0.39, 0.29) is 17.9 Å². The summed E-state index contributed by atoms with van der Waals surface area (Å²) < 4.78 is 5.31. The van der Waals surface area contributed by atoms with Crippen molar-refractivity contribution in [1.82, 2.24) is 20.0 Å². The second-order valence-corrected chi connectivity index (χ2v) is 8.45. The molecular weight excluding hydrogens is 344 g/mol. The monoisotopic (exact) mass is 380 g/mol. The third-order valence-corrected chi connectivity index (χ3v) is 6.42. The molecule has 27 heavy (non-hydrogen) atoms. The molecule has 1 aliphatic carbocycles. The first-order valence-electron chi connectivity index (χ1n) is 10.6. The minimum absolute atomic E-state index is 0.0959. The number of rotatable bonds is 5. The van der Waals surface area contributed by atoms with Crippen molar-refractivity contribution in [2.24, 2.45) is 5.92 Å². The number of amides is 2. The number of piperazine rings is 1. The molecule has 7 heteroatoms. The van der Waals surface area contributed by atoms with Gasteiger partial charge in [-0.3, -0.25) is 19.4 Å². The maximum absolute atomic E-state index is 12.6. The average Bonchev–Trinajstić information content (AvgIpc) is 2.70. The third-order valence-electron chi connectivity index (χ3n) is 6.42. The van der Waals surface area contributed by atoms with Crippen LogP contribution in [0, 0.1) is 5.92 Å². The third kappa shape index (κ3) is 5.90. The van der Waals surface area contributed by atoms with Gasteiger partial charge in [0.2, 0.25) is 11.8 Å². The molecule has 7 nitrogen and oxygen atoms in total. The Morgan fingerprint density at radius 1 is 1.00 bits per heavy atom. The van der Waals surface area contributed by atoms with Gasteiger partial charge in [-0.05, 0) is 38.5 Å². The molecule has 2 amide bonds. The number of carbonyl (C=O) groups excluding carboxylic acids is 2. The summed E-state index contributed by atoms with van der Waals surface area (Å²) in [5, 5.41) is 3.26. The number of nitrogens with one attached hydrogen (secondary N) is 1. The Balaban J connectivity index is 1.37. The van der Waals surface area contributed by atoms with E-state index >= 15 is 0 Å². The van der Waals surface area contributed by atoms with E-state index in [1.165, 1.54) is 12.8 Å². The largest absolute Gasteiger partial charge is 0.378 e. The minimum Gasteiger partial charge on any atom is -0.378 e. The zero-order chi connectivity index (χ0) is 19.2. The molecule has 2 heterocycles. The van der Waals surface area contributed by atoms with Crippen molar-refractivity contribution in [3.63, 3.8) is 0 Å². The number of hydrogen-bond acceptors (Lipinski definition) is 5. The molecule has 1 saturated carbocycles. The summed E-state index contributed by atoms with van der Waals surface area (Å²) in [7, 11) is 0. The first-order valence-corrected chi connectivity index (χ1v) is 10.6. The number of nitrogens with zero attached hydrogens (tertiary/aromatic N) is 3. The van der Waals surface area contributed by atoms with E-state index in [0.717, 1.165) is 44.9 Å². The lowest BCUT2D eigenvalue weighted by Crippen LogP contribution is -2.56. The molecule has 0 radical (unpaired) electrons. The van der Waals surface area contributed by atoms with Gasteiger partial charge in [-0.1, -0.05) is 6.92 Å². The second kappa shape index (κ2) is 9.85. The van der Waals surface area contributed by atoms with Crippen LogP contribution < -0.4 is 5.32 Å². The molecular formula is C20H36N4O3. The van der Waals surface area contributed by atoms with E-state index in [2.05, 4.69) is 22.0 Å². The van der Waals surface area contributed by atoms with Crippen molar-refractivity contribution in [1.29, 1.82) is 0 Å². The van der Waals surface area contributed by atoms with Crippen LogP contribution in [0.15, 0.2) is 0 Å². The normalized spacial score (nSPS) is 29.3. The average molecular weight is 381 g/mol. The van der Waals surface area contributed by atoms with Gasteiger partial charge in [-0.2, -0.15) is 0 Å². The molecule has 1 N–H and O–H groups in total. The van der Waals surface area contributed by atoms with Crippen molar-refractivity contribution in [3.05, 3.63) is 0 Å². The summed E-state index contributed by atoms with van der Waals surface area (Å²) >= 11 is 0. The van der Waals surface area contributed by atoms with Crippen LogP contribution in [0.25, 0.3) is 0 Å². The molecule has 3 aliphatic rings. The second-order valence-electron chi connectivity index (χ2n) is 8.45. The van der Waals surface area contributed by atoms with Gasteiger partial charge < -0.3 is 15.0 Å². The molecule has 3 rings (SSSR count). The molecule has 1 atom stereocenters. The molecule has 2 saturated heterocycles. The summed E-state index contributed by atoms with van der Waals surface area (Å²) in [6.45, 7) is 10.8. The number of morpholine rings is 1. The van der Waals surface area contributed by atoms with Crippen LogP contribution in [0.5, 0.6) is 0 Å². The van der Waals surface area contributed by atoms with Crippen LogP contribution in [0.3, 0.4) is 0 Å². The molecule has 154 valence electrons. The summed E-state index contributed by atoms with van der Waals surface area (Å²) in [5.74, 6) is 1.15. The van der Waals surface area contributed by atoms with Crippen LogP contribution in [0.2, 0.25) is 0 Å². The van der Waals surface area contributed by atoms with Crippen molar-refractivity contribution in [2.45, 2.75) is 51.6 Å². The molecule has 0 aromatic carbocycles. The quantitative estimate of drug-likeness (QED) is 0.754. The topological polar surface area (TPSA) is 65.1 Å². The highest BCUT2D eigenvalue weighted by molar-refractivity contribution is 5.81. The van der Waals surface area contributed by atoms with Gasteiger partial charge in [0, 0.05) is 45.3 Å². The van der Waals surface area contributed by atoms with Gasteiger partial charge in [-0.25, -0.2) is 0 Å². The van der Waals surface area contributed by atoms with Gasteiger partial charge in [0.1, 0.15) is 0 Å². The Hall–Kier alpha value is -1.18. The molecule has 1 unspecified atom stereocenters. The first kappa shape index (κ1) is 20.6. The zero-order valence-electron chi connectivity index (χ0n) is 17.0. The standard InChI is InChI=1S/C20H36N4O3/c1-16-3-5-18(6-4-16)21-20(26)17(2)23-9-7-22(8-10-23)15-19(25)24-11-13-27-14-12-24/h16-18H,3-15H2,1-2H3,(H,21,26). The molecule has 2 aliphatic heterocycles. The van der Waals surface area contributed by atoms with E-state index in [4.69, 9.17) is 4.74 Å². The van der Waals surface area contributed by atoms with E-state index in [1.54, 1.807) is 0 Å². The highest BCUT2D eigenvalue weighted by atomic mass is 16.5. The highest BCUT2D eigenvalue weighted by Crippen LogP contribution is 2.23. The maximum Gasteiger partial charge on any atom is 0.237 e. The first-order chi connectivity index (χ1) is 13.0. The van der Waals surface area contributed by atoms with Gasteiger partial charge in [-0.15, -0.1) is 0 Å². The fourth-order valence-corrected chi connectivity index (χ4v) is 4.30. The van der Waals surface area contributed by atoms with Crippen LogP contribution in [0.1, 0.15) is 39.5 Å². The van der Waals surface area contributed by atoms with Gasteiger partial charge >= 0.3 is 0 Å². The van der Waals surface area contributed by atoms with Crippen molar-refractivity contribution < 1.29 is 14.3 Å². The summed E-state index contributed by atoms with van der Waals surface area (Å²) in [5.41, 5.74) is 0. The molecule has 0 spiro atoms. The predicted octanol–water partition coefficient (Wildman–Crippen LogP) is 0.546. The Morgan fingerprint density at radius 2 is 1.63 bits per heavy atom. The predicted molar refractivity (Wildman–Crippen MR) is 104 cm³/mol. The summed E-state index contributed by atoms with van der Waals surface area (Å²) in [6, 6.07) is 0.255. The van der Waals surface area contributed by atoms with Crippen LogP contribution in [-0.4, -0.2) is 97.6 Å². The number of ether oxygens (including phenoxy) is 1. The zero-order valence-corrected chi connectivity index (χ0v) is 17.0. The Kier molecular flexibility index (Phi) is 7.49. The Labute approximate surface area is 163 Å². The van der Waals surface area contributed by atoms with Crippen LogP contribution in [-0.2, 0) is 14.3 Å². The smallest absolute Gasteiger partial charge is 0.237 e. The number of carbonyl (C=O) groups is 2. The van der Waals surface area contributed by atoms with E-state index in [9.17, 15) is 9.59 Å². The Morgan fingerprint density at radius 3 is 2.26 bits per heavy atom. The lowest BCUT2D eigenvalue weighted by Gasteiger charge is -2.38. The Bertz CT molecular complexity index is 493. The van der Waals surface area contributed by atoms with Gasteiger partial charge in [0.15, 0.2) is 0 Å². The van der Waals surface area contributed by atoms with Crippen molar-refractivity contribution in [2.75, 3.05) is 59.0 Å². The van der Waals surface area contributed by atoms with Crippen molar-refractivity contribution >= 4 is 11.8 Å². The summed E-state index contributed by atoms with van der Waals surface area (Å²) in [6.07, 6.45) is 4.65. The van der Waals surface area contributed by atoms with Crippen molar-refractivity contribution in [3.8, 4) is 0 Å². The fraction of sp³-hybridized carbons (Fsp3) is 0.900. The number of hydrogen-bond donors (Lipinski definition) is 1. The molecule has 0 bridgehead atoms. The van der Waals surface area contributed by atoms with E-state index in [1.807, 2.05) is 11.8 Å². The molecule has 0 aromatic rings. The molecule has 0 aromatic heterocycles. The summed E-state index contributed by atoms with van der Waals surface area (Å²) in [4.78, 5) is 31.4. The highest BCUT2D eigenvalue weighted by Gasteiger charge is 2.29. The maximum atomic E-state index is 12.6. The van der Waals surface area contributed by atoms with Gasteiger partial charge in [0.25, 0.3) is 0 Å². The SMILES string of the molecule is CC1CCC(NC(=O)C(C)N2CCN(CC(=O)N3CCOCC3)CC2)CC1. The minimum atomic E-state index is -0.0959. The van der Waals surface area contributed by atoms with Crippen LogP contribution >= 0.6 is 0 Å².